The molecule has 5 heteroatoms. The molecule has 1 aromatic carbocycles. The molecule has 25 heavy (non-hydrogen) atoms. The van der Waals surface area contributed by atoms with Crippen LogP contribution in [0.4, 0.5) is 11.4 Å². The van der Waals surface area contributed by atoms with Crippen molar-refractivity contribution in [3.63, 3.8) is 0 Å². The molecule has 0 fully saturated rings. The van der Waals surface area contributed by atoms with Gasteiger partial charge in [-0.1, -0.05) is 13.8 Å². The number of benzene rings is 1. The largest absolute Gasteiger partial charge is 0.372 e. The van der Waals surface area contributed by atoms with E-state index in [1.807, 2.05) is 26.8 Å². The van der Waals surface area contributed by atoms with Gasteiger partial charge in [0.1, 0.15) is 0 Å². The Balaban J connectivity index is 2.82. The third-order valence-electron chi connectivity index (χ3n) is 4.23. The molecular weight excluding hydrogens is 314 g/mol. The summed E-state index contributed by atoms with van der Waals surface area (Å²) in [6.07, 6.45) is 0.512. The van der Waals surface area contributed by atoms with Crippen molar-refractivity contribution < 1.29 is 9.59 Å². The summed E-state index contributed by atoms with van der Waals surface area (Å²) in [6, 6.07) is 6.18. The molecule has 0 saturated carbocycles. The molecule has 0 bridgehead atoms. The van der Waals surface area contributed by atoms with E-state index < -0.39 is 0 Å². The lowest BCUT2D eigenvalue weighted by molar-refractivity contribution is -0.122. The van der Waals surface area contributed by atoms with Crippen LogP contribution in [-0.2, 0) is 9.59 Å². The number of hydrogen-bond acceptors (Lipinski definition) is 3. The molecule has 2 amide bonds. The zero-order chi connectivity index (χ0) is 19.0. The normalized spacial score (nSPS) is 10.7. The Kier molecular flexibility index (Phi) is 8.46. The van der Waals surface area contributed by atoms with Gasteiger partial charge >= 0.3 is 0 Å². The number of nitrogens with one attached hydrogen (secondary N) is 1. The fourth-order valence-corrected chi connectivity index (χ4v) is 2.93. The maximum atomic E-state index is 12.1. The molecule has 0 atom stereocenters. The number of nitrogens with zero attached hydrogens (tertiary/aromatic N) is 2. The van der Waals surface area contributed by atoms with Gasteiger partial charge in [0, 0.05) is 50.9 Å². The predicted octanol–water partition coefficient (Wildman–Crippen LogP) is 3.36. The molecule has 0 aromatic heterocycles. The average molecular weight is 348 g/mol. The monoisotopic (exact) mass is 347 g/mol. The van der Waals surface area contributed by atoms with Gasteiger partial charge in [-0.25, -0.2) is 0 Å². The number of carbonyl (C=O) groups is 2. The second kappa shape index (κ2) is 10.1. The lowest BCUT2D eigenvalue weighted by Gasteiger charge is -2.26. The van der Waals surface area contributed by atoms with Gasteiger partial charge in [0.25, 0.3) is 0 Å². The van der Waals surface area contributed by atoms with E-state index in [0.29, 0.717) is 25.4 Å². The fraction of sp³-hybridized carbons (Fsp3) is 0.600. The van der Waals surface area contributed by atoms with Crippen LogP contribution in [0.25, 0.3) is 0 Å². The first-order valence-corrected chi connectivity index (χ1v) is 9.20. The van der Waals surface area contributed by atoms with Crippen LogP contribution in [0.1, 0.15) is 46.6 Å². The molecular formula is C20H33N3O2. The van der Waals surface area contributed by atoms with Gasteiger partial charge in [0.05, 0.1) is 0 Å². The summed E-state index contributed by atoms with van der Waals surface area (Å²) >= 11 is 0. The van der Waals surface area contributed by atoms with Crippen molar-refractivity contribution in [3.05, 3.63) is 23.8 Å². The molecule has 0 spiro atoms. The fourth-order valence-electron chi connectivity index (χ4n) is 2.93. The molecule has 0 radical (unpaired) electrons. The maximum Gasteiger partial charge on any atom is 0.223 e. The van der Waals surface area contributed by atoms with Crippen LogP contribution < -0.4 is 15.1 Å². The molecule has 0 unspecified atom stereocenters. The van der Waals surface area contributed by atoms with Gasteiger partial charge in [-0.3, -0.25) is 9.59 Å². The van der Waals surface area contributed by atoms with Crippen molar-refractivity contribution in [2.24, 2.45) is 5.92 Å². The number of amides is 2. The predicted molar refractivity (Wildman–Crippen MR) is 105 cm³/mol. The van der Waals surface area contributed by atoms with Crippen LogP contribution in [-0.4, -0.2) is 38.0 Å². The summed E-state index contributed by atoms with van der Waals surface area (Å²) in [6.45, 7) is 14.7. The summed E-state index contributed by atoms with van der Waals surface area (Å²) in [4.78, 5) is 27.9. The molecule has 0 heterocycles. The van der Waals surface area contributed by atoms with Gasteiger partial charge in [0.2, 0.25) is 11.8 Å². The van der Waals surface area contributed by atoms with Crippen molar-refractivity contribution in [2.45, 2.75) is 48.0 Å². The molecule has 0 aliphatic heterocycles. The first-order chi connectivity index (χ1) is 11.8. The van der Waals surface area contributed by atoms with E-state index in [9.17, 15) is 9.59 Å². The smallest absolute Gasteiger partial charge is 0.223 e. The van der Waals surface area contributed by atoms with Gasteiger partial charge < -0.3 is 15.1 Å². The molecule has 0 aliphatic rings. The minimum Gasteiger partial charge on any atom is -0.372 e. The number of anilines is 2. The SMILES string of the molecule is CCN(CC)c1ccc(N(CCNC(=O)CC(C)C)C(C)=O)c(C)c1. The van der Waals surface area contributed by atoms with Crippen molar-refractivity contribution in [3.8, 4) is 0 Å². The molecule has 5 nitrogen and oxygen atoms in total. The van der Waals surface area contributed by atoms with Crippen molar-refractivity contribution in [2.75, 3.05) is 36.0 Å². The second-order valence-corrected chi connectivity index (χ2v) is 6.76. The molecule has 1 rings (SSSR count). The lowest BCUT2D eigenvalue weighted by atomic mass is 10.1. The van der Waals surface area contributed by atoms with E-state index in [-0.39, 0.29) is 11.8 Å². The number of aryl methyl sites for hydroxylation is 1. The Bertz CT molecular complexity index is 580. The summed E-state index contributed by atoms with van der Waals surface area (Å²) in [5.41, 5.74) is 3.13. The molecule has 0 aliphatic carbocycles. The summed E-state index contributed by atoms with van der Waals surface area (Å²) < 4.78 is 0. The summed E-state index contributed by atoms with van der Waals surface area (Å²) in [5.74, 6) is 0.350. The van der Waals surface area contributed by atoms with E-state index >= 15 is 0 Å². The number of carbonyl (C=O) groups excluding carboxylic acids is 2. The summed E-state index contributed by atoms with van der Waals surface area (Å²) in [5, 5.41) is 2.90. The van der Waals surface area contributed by atoms with Crippen LogP contribution in [0, 0.1) is 12.8 Å². The first-order valence-electron chi connectivity index (χ1n) is 9.20. The highest BCUT2D eigenvalue weighted by Gasteiger charge is 2.15. The third-order valence-corrected chi connectivity index (χ3v) is 4.23. The average Bonchev–Trinajstić information content (AvgIpc) is 2.52. The summed E-state index contributed by atoms with van der Waals surface area (Å²) in [7, 11) is 0. The Morgan fingerprint density at radius 3 is 2.28 bits per heavy atom. The molecule has 1 aromatic rings. The lowest BCUT2D eigenvalue weighted by Crippen LogP contribution is -2.38. The molecule has 0 saturated heterocycles. The Morgan fingerprint density at radius 1 is 1.16 bits per heavy atom. The highest BCUT2D eigenvalue weighted by atomic mass is 16.2. The standard InChI is InChI=1S/C20H33N3O2/c1-7-22(8-2)18-9-10-19(16(5)14-18)23(17(6)24)12-11-21-20(25)13-15(3)4/h9-10,14-15H,7-8,11-13H2,1-6H3,(H,21,25). The molecule has 140 valence electrons. The van der Waals surface area contributed by atoms with E-state index in [1.54, 1.807) is 11.8 Å². The van der Waals surface area contributed by atoms with Crippen LogP contribution >= 0.6 is 0 Å². The van der Waals surface area contributed by atoms with Crippen LogP contribution in [0.5, 0.6) is 0 Å². The number of hydrogen-bond donors (Lipinski definition) is 1. The van der Waals surface area contributed by atoms with Crippen molar-refractivity contribution in [1.82, 2.24) is 5.32 Å². The first kappa shape index (κ1) is 21.0. The van der Waals surface area contributed by atoms with Crippen LogP contribution in [0.3, 0.4) is 0 Å². The Hall–Kier alpha value is -2.04. The van der Waals surface area contributed by atoms with Crippen molar-refractivity contribution in [1.29, 1.82) is 0 Å². The van der Waals surface area contributed by atoms with Crippen LogP contribution in [0.2, 0.25) is 0 Å². The molecule has 1 N–H and O–H groups in total. The van der Waals surface area contributed by atoms with Gasteiger partial charge in [0.15, 0.2) is 0 Å². The highest BCUT2D eigenvalue weighted by molar-refractivity contribution is 5.92. The van der Waals surface area contributed by atoms with E-state index in [0.717, 1.165) is 24.3 Å². The Labute approximate surface area is 152 Å². The maximum absolute atomic E-state index is 12.1. The Morgan fingerprint density at radius 2 is 1.80 bits per heavy atom. The van der Waals surface area contributed by atoms with Gasteiger partial charge in [-0.15, -0.1) is 0 Å². The minimum absolute atomic E-state index is 0.0169. The van der Waals surface area contributed by atoms with E-state index in [2.05, 4.69) is 36.2 Å². The third kappa shape index (κ3) is 6.40. The van der Waals surface area contributed by atoms with Crippen LogP contribution in [0.15, 0.2) is 18.2 Å². The van der Waals surface area contributed by atoms with Gasteiger partial charge in [-0.2, -0.15) is 0 Å². The minimum atomic E-state index is -0.0169. The van der Waals surface area contributed by atoms with Gasteiger partial charge in [-0.05, 0) is 50.5 Å². The topological polar surface area (TPSA) is 52.6 Å². The second-order valence-electron chi connectivity index (χ2n) is 6.76. The number of rotatable bonds is 9. The van der Waals surface area contributed by atoms with E-state index in [4.69, 9.17) is 0 Å². The highest BCUT2D eigenvalue weighted by Crippen LogP contribution is 2.25. The quantitative estimate of drug-likeness (QED) is 0.745. The van der Waals surface area contributed by atoms with Crippen molar-refractivity contribution >= 4 is 23.2 Å². The zero-order valence-corrected chi connectivity index (χ0v) is 16.6. The zero-order valence-electron chi connectivity index (χ0n) is 16.6. The van der Waals surface area contributed by atoms with E-state index in [1.165, 1.54) is 5.69 Å².